The molecule has 0 aliphatic carbocycles. The molecule has 0 aromatic carbocycles. The molecule has 0 radical (unpaired) electrons. The van der Waals surface area contributed by atoms with Crippen molar-refractivity contribution in [2.24, 2.45) is 41.4 Å². The van der Waals surface area contributed by atoms with Gasteiger partial charge in [0.05, 0.1) is 80.8 Å². The first-order valence-corrected chi connectivity index (χ1v) is 39.9. The van der Waals surface area contributed by atoms with Crippen LogP contribution in [0.5, 0.6) is 0 Å². The third kappa shape index (κ3) is 38.6. The average molecular weight is 1770 g/mol. The molecule has 43 nitrogen and oxygen atoms in total. The van der Waals surface area contributed by atoms with Crippen molar-refractivity contribution in [2.75, 3.05) is 120 Å². The summed E-state index contributed by atoms with van der Waals surface area (Å²) < 4.78 is 45.3. The molecule has 0 spiro atoms. The molecule has 0 aromatic heterocycles. The second-order valence-electron chi connectivity index (χ2n) is 36.0. The number of ketones is 5. The first kappa shape index (κ1) is 111. The van der Waals surface area contributed by atoms with E-state index in [-0.39, 0.29) is 107 Å². The van der Waals surface area contributed by atoms with Crippen molar-refractivity contribution >= 4 is 95.3 Å². The van der Waals surface area contributed by atoms with Gasteiger partial charge in [0.25, 0.3) is 0 Å². The number of nitrogens with one attached hydrogen (secondary N) is 1. The van der Waals surface area contributed by atoms with Crippen LogP contribution in [0.1, 0.15) is 170 Å². The summed E-state index contributed by atoms with van der Waals surface area (Å²) in [7, 11) is 4.14. The fraction of sp³-hybridized carbons (Fsp3) is 0.787. The summed E-state index contributed by atoms with van der Waals surface area (Å²) in [5.41, 5.74) is -4.01. The number of aliphatic carboxylic acids is 3. The minimum Gasteiger partial charge on any atom is -0.481 e. The highest BCUT2D eigenvalue weighted by atomic mass is 16.6. The number of aliphatic hydroxyl groups is 7. The van der Waals surface area contributed by atoms with E-state index < -0.39 is 210 Å². The van der Waals surface area contributed by atoms with Crippen LogP contribution in [0.4, 0.5) is 28.8 Å². The lowest BCUT2D eigenvalue weighted by Crippen LogP contribution is -2.44. The monoisotopic (exact) mass is 1760 g/mol. The highest BCUT2D eigenvalue weighted by Gasteiger charge is 2.49. The largest absolute Gasteiger partial charge is 0.481 e. The molecule has 6 amide bonds. The van der Waals surface area contributed by atoms with E-state index in [1.165, 1.54) is 38.7 Å². The Bertz CT molecular complexity index is 3600. The number of carbonyl (C=O) groups excluding carboxylic acids is 13. The van der Waals surface area contributed by atoms with Crippen molar-refractivity contribution in [3.05, 3.63) is 0 Å². The number of likely N-dealkylation sites (tertiary alicyclic amines) is 6. The Labute approximate surface area is 716 Å². The first-order valence-electron chi connectivity index (χ1n) is 39.9. The molecule has 7 fully saturated rings. The SMILES string of the molecule is CC(C)(C)OC(=O)N1CC(C#N)C[C@H]1C(=O)CO.CC(C)(C)OC(=O)N1C[C@@H](C(=O)O)C[C@H]1C(=O)CO.CC(C)(C)OC(=O)N1C[C@@H](CO)C[C@H]1C(=O)CO.CC(C)(C)OC(=O)N1C[C@@H](CO)C[C@H]1C(=O)O.COC(=O)[C@@H]1CN[C@H](C(=O)CO)C1.COC(=O)[C@H]1C[C@@H](C(=O)CO)N(C(=O)OC(C)(C)C)C1.COC[C@H]1C[C@@H](C(=O)O)N(C(=O)OC(C)(C)C)C1. The van der Waals surface area contributed by atoms with Crippen LogP contribution in [0.25, 0.3) is 0 Å². The summed E-state index contributed by atoms with van der Waals surface area (Å²) in [6, 6.07) is -3.30. The fourth-order valence-corrected chi connectivity index (χ4v) is 13.2. The van der Waals surface area contributed by atoms with Gasteiger partial charge in [0.2, 0.25) is 0 Å². The lowest BCUT2D eigenvalue weighted by Gasteiger charge is -2.27. The van der Waals surface area contributed by atoms with Gasteiger partial charge in [-0.1, -0.05) is 0 Å². The minimum absolute atomic E-state index is 0.00791. The van der Waals surface area contributed by atoms with Crippen LogP contribution in [0.15, 0.2) is 0 Å². The first-order chi connectivity index (χ1) is 56.6. The van der Waals surface area contributed by atoms with Crippen molar-refractivity contribution in [2.45, 2.75) is 245 Å². The summed E-state index contributed by atoms with van der Waals surface area (Å²) in [6.45, 7) is 29.6. The number of ether oxygens (including phenoxy) is 9. The van der Waals surface area contributed by atoms with Crippen molar-refractivity contribution < 1.29 is 170 Å². The number of carboxylic acids is 3. The number of carbonyl (C=O) groups is 16. The van der Waals surface area contributed by atoms with Crippen LogP contribution in [-0.2, 0) is 90.6 Å². The molecule has 1 unspecified atom stereocenters. The van der Waals surface area contributed by atoms with Gasteiger partial charge >= 0.3 is 66.4 Å². The maximum Gasteiger partial charge on any atom is 0.411 e. The van der Waals surface area contributed by atoms with Gasteiger partial charge in [0.1, 0.15) is 78.7 Å². The summed E-state index contributed by atoms with van der Waals surface area (Å²) in [4.78, 5) is 192. The van der Waals surface area contributed by atoms with Crippen molar-refractivity contribution in [3.63, 3.8) is 0 Å². The molecule has 7 aliphatic heterocycles. The minimum atomic E-state index is -1.07. The molecule has 702 valence electrons. The smallest absolute Gasteiger partial charge is 0.411 e. The van der Waals surface area contributed by atoms with E-state index in [2.05, 4.69) is 14.8 Å². The zero-order valence-electron chi connectivity index (χ0n) is 74.4. The van der Waals surface area contributed by atoms with E-state index >= 15 is 0 Å². The second-order valence-corrected chi connectivity index (χ2v) is 36.0. The topological polar surface area (TPSA) is 614 Å². The highest BCUT2D eigenvalue weighted by Crippen LogP contribution is 2.33. The van der Waals surface area contributed by atoms with Crippen LogP contribution in [0, 0.1) is 52.8 Å². The fourth-order valence-electron chi connectivity index (χ4n) is 13.2. The number of Topliss-reactive ketones (excluding diaryl/α,β-unsaturated/α-hetero) is 5. The molecule has 0 aromatic rings. The van der Waals surface area contributed by atoms with Gasteiger partial charge in [-0.3, -0.25) is 67.8 Å². The molecule has 43 heteroatoms. The molecule has 7 aliphatic rings. The number of nitriles is 1. The van der Waals surface area contributed by atoms with E-state index in [1.807, 2.05) is 6.07 Å². The molecule has 123 heavy (non-hydrogen) atoms. The number of carboxylic acid groups (broad SMARTS) is 3. The molecule has 7 heterocycles. The predicted molar refractivity (Wildman–Crippen MR) is 428 cm³/mol. The molecule has 11 N–H and O–H groups in total. The van der Waals surface area contributed by atoms with Gasteiger partial charge in [-0.05, 0) is 170 Å². The van der Waals surface area contributed by atoms with Crippen LogP contribution >= 0.6 is 0 Å². The molecule has 14 atom stereocenters. The zero-order valence-corrected chi connectivity index (χ0v) is 74.4. The molecule has 7 rings (SSSR count). The van der Waals surface area contributed by atoms with E-state index in [1.54, 1.807) is 132 Å². The van der Waals surface area contributed by atoms with Gasteiger partial charge in [0, 0.05) is 83.9 Å². The Morgan fingerprint density at radius 3 is 0.894 bits per heavy atom. The summed E-state index contributed by atoms with van der Waals surface area (Å²) in [5, 5.41) is 101. The summed E-state index contributed by atoms with van der Waals surface area (Å²) >= 11 is 0. The molecular weight excluding hydrogens is 1630 g/mol. The molecular formula is C80H132N8O35. The standard InChI is InChI=1S/C13H21NO6.C12H18N2O4.C12H19NO6.2C12H21NO5.C11H19NO5.C8H13NO4/c1-13(2,3)20-12(18)14-6-8(11(17)19-4)5-9(14)10(16)7-15;1-12(2,3)18-11(17)14-6-8(5-13)4-9(14)10(16)7-15;1-12(2,3)19-11(18)13-5-7(10(16)17)4-8(13)9(15)6-14;1-12(2,3)18-11(16)13-6-8(7-17-4)5-9(13)10(14)15;1-12(2,3)18-11(17)13-5-8(6-14)4-9(13)10(16)7-15;1-11(2,3)17-10(16)12-5-7(6-13)4-8(12)9(14)15;1-13-8(12)5-2-6(9-3-5)7(11)4-10/h8-9,15H,5-7H2,1-4H3;8-9,15H,4,6-7H2,1-3H3;7-8,14H,4-6H2,1-3H3,(H,16,17);8-9H,5-7H2,1-4H3,(H,14,15);8-9,14-15H,4-7H2,1-3H3;7-8,13H,4-6H2,1-3H3,(H,14,15);5-6,9-10H,2-4H2,1H3/t8-,9-;8?,9-;7-,8-;2*8-,9-;7-,8-;5-,6-/m0000000/s1. The number of nitrogens with zero attached hydrogens (tertiary/aromatic N) is 7. The van der Waals surface area contributed by atoms with Crippen molar-refractivity contribution in [3.8, 4) is 6.07 Å². The Balaban J connectivity index is 0.000000719. The van der Waals surface area contributed by atoms with Crippen LogP contribution in [0.2, 0.25) is 0 Å². The number of hydrogen-bond donors (Lipinski definition) is 11. The second kappa shape index (κ2) is 49.8. The number of rotatable bonds is 19. The summed E-state index contributed by atoms with van der Waals surface area (Å²) in [6.07, 6.45) is -1.94. The third-order valence-corrected chi connectivity index (χ3v) is 18.7. The highest BCUT2D eigenvalue weighted by molar-refractivity contribution is 5.93. The normalized spacial score (nSPS) is 24.1. The van der Waals surface area contributed by atoms with Gasteiger partial charge in [-0.15, -0.1) is 0 Å². The van der Waals surface area contributed by atoms with Gasteiger partial charge in [-0.25, -0.2) is 38.4 Å². The van der Waals surface area contributed by atoms with Gasteiger partial charge in [-0.2, -0.15) is 5.26 Å². The Hall–Kier alpha value is -9.55. The number of aliphatic hydroxyl groups excluding tert-OH is 7. The molecule has 0 saturated carbocycles. The van der Waals surface area contributed by atoms with Crippen molar-refractivity contribution in [1.29, 1.82) is 5.26 Å². The predicted octanol–water partition coefficient (Wildman–Crippen LogP) is 2.20. The quantitative estimate of drug-likeness (QED) is 0.0652. The van der Waals surface area contributed by atoms with Gasteiger partial charge in [0.15, 0.2) is 28.9 Å². The number of amides is 6. The third-order valence-electron chi connectivity index (χ3n) is 18.7. The van der Waals surface area contributed by atoms with Crippen LogP contribution < -0.4 is 5.32 Å². The number of methoxy groups -OCH3 is 3. The Kier molecular flexibility index (Phi) is 45.1. The Morgan fingerprint density at radius 2 is 0.602 bits per heavy atom. The van der Waals surface area contributed by atoms with Crippen LogP contribution in [-0.4, -0.2) is 372 Å². The number of esters is 2. The zero-order chi connectivity index (χ0) is 95.1. The maximum absolute atomic E-state index is 12.1. The van der Waals surface area contributed by atoms with E-state index in [9.17, 15) is 76.7 Å². The van der Waals surface area contributed by atoms with E-state index in [0.29, 0.717) is 39.0 Å². The summed E-state index contributed by atoms with van der Waals surface area (Å²) in [5.74, 6) is -8.48. The Morgan fingerprint density at radius 1 is 0.333 bits per heavy atom. The van der Waals surface area contributed by atoms with Crippen molar-refractivity contribution in [1.82, 2.24) is 34.7 Å². The van der Waals surface area contributed by atoms with E-state index in [4.69, 9.17) is 89.5 Å². The lowest BCUT2D eigenvalue weighted by atomic mass is 10.0. The average Bonchev–Trinajstić information content (AvgIpc) is 1.68. The molecule has 7 saturated heterocycles. The van der Waals surface area contributed by atoms with Crippen LogP contribution in [0.3, 0.4) is 0 Å². The molecule has 0 bridgehead atoms. The van der Waals surface area contributed by atoms with Gasteiger partial charge < -0.3 is 99.0 Å². The lowest BCUT2D eigenvalue weighted by molar-refractivity contribution is -0.145. The van der Waals surface area contributed by atoms with E-state index in [0.717, 1.165) is 4.90 Å². The number of hydrogen-bond acceptors (Lipinski definition) is 34. The maximum atomic E-state index is 12.1.